The van der Waals surface area contributed by atoms with E-state index in [-0.39, 0.29) is 23.6 Å². The van der Waals surface area contributed by atoms with Gasteiger partial charge in [0.1, 0.15) is 0 Å². The minimum absolute atomic E-state index is 0.168. The lowest BCUT2D eigenvalue weighted by Crippen LogP contribution is -2.11. The molecule has 80 valence electrons. The number of ether oxygens (including phenoxy) is 1. The summed E-state index contributed by atoms with van der Waals surface area (Å²) in [7, 11) is 0. The smallest absolute Gasteiger partial charge is 0.340 e. The van der Waals surface area contributed by atoms with E-state index in [0.29, 0.717) is 5.56 Å². The summed E-state index contributed by atoms with van der Waals surface area (Å²) in [6, 6.07) is 4.74. The van der Waals surface area contributed by atoms with Crippen LogP contribution in [0, 0.1) is 0 Å². The molecule has 0 spiro atoms. The van der Waals surface area contributed by atoms with Gasteiger partial charge in [-0.3, -0.25) is 4.79 Å². The molecule has 1 aromatic rings. The van der Waals surface area contributed by atoms with Crippen molar-refractivity contribution in [3.63, 3.8) is 0 Å². The van der Waals surface area contributed by atoms with Gasteiger partial charge in [0.05, 0.1) is 17.9 Å². The molecule has 0 saturated carbocycles. The van der Waals surface area contributed by atoms with Gasteiger partial charge in [0.15, 0.2) is 5.78 Å². The molecular weight excluding hydrogens is 194 g/mol. The molecule has 0 saturated heterocycles. The monoisotopic (exact) mass is 207 g/mol. The number of esters is 1. The first kappa shape index (κ1) is 11.2. The molecule has 4 nitrogen and oxygen atoms in total. The largest absolute Gasteiger partial charge is 0.462 e. The Hall–Kier alpha value is -1.84. The van der Waals surface area contributed by atoms with Crippen molar-refractivity contribution in [2.45, 2.75) is 13.8 Å². The first-order valence-corrected chi connectivity index (χ1v) is 4.64. The van der Waals surface area contributed by atoms with Crippen LogP contribution in [-0.2, 0) is 4.74 Å². The molecule has 0 aliphatic heterocycles. The highest BCUT2D eigenvalue weighted by atomic mass is 16.5. The van der Waals surface area contributed by atoms with Crippen LogP contribution in [0.4, 0.5) is 5.69 Å². The Labute approximate surface area is 88.0 Å². The normalized spacial score (nSPS) is 9.73. The Morgan fingerprint density at radius 2 is 1.93 bits per heavy atom. The SMILES string of the molecule is CCOC(=O)c1cccc(C(C)=O)c1N. The third-order valence-electron chi connectivity index (χ3n) is 1.98. The number of nitrogens with two attached hydrogens (primary N) is 1. The maximum absolute atomic E-state index is 11.4. The summed E-state index contributed by atoms with van der Waals surface area (Å²) in [5.41, 5.74) is 6.47. The summed E-state index contributed by atoms with van der Waals surface area (Å²) in [5.74, 6) is -0.670. The van der Waals surface area contributed by atoms with Gasteiger partial charge in [-0.1, -0.05) is 6.07 Å². The molecule has 0 radical (unpaired) electrons. The average molecular weight is 207 g/mol. The lowest BCUT2D eigenvalue weighted by atomic mass is 10.0. The molecule has 0 heterocycles. The van der Waals surface area contributed by atoms with E-state index in [9.17, 15) is 9.59 Å². The van der Waals surface area contributed by atoms with E-state index < -0.39 is 5.97 Å². The highest BCUT2D eigenvalue weighted by Gasteiger charge is 2.14. The van der Waals surface area contributed by atoms with Crippen LogP contribution in [0.5, 0.6) is 0 Å². The van der Waals surface area contributed by atoms with Crippen molar-refractivity contribution in [3.8, 4) is 0 Å². The molecule has 2 N–H and O–H groups in total. The third kappa shape index (κ3) is 2.34. The first-order chi connectivity index (χ1) is 7.07. The molecule has 0 amide bonds. The molecule has 0 bridgehead atoms. The number of benzene rings is 1. The Kier molecular flexibility index (Phi) is 3.44. The van der Waals surface area contributed by atoms with Gasteiger partial charge in [0, 0.05) is 5.56 Å². The Morgan fingerprint density at radius 1 is 1.33 bits per heavy atom. The third-order valence-corrected chi connectivity index (χ3v) is 1.98. The fourth-order valence-electron chi connectivity index (χ4n) is 1.26. The molecular formula is C11H13NO3. The number of hydrogen-bond donors (Lipinski definition) is 1. The Morgan fingerprint density at radius 3 is 2.47 bits per heavy atom. The highest BCUT2D eigenvalue weighted by Crippen LogP contribution is 2.18. The predicted molar refractivity (Wildman–Crippen MR) is 56.8 cm³/mol. The van der Waals surface area contributed by atoms with Crippen molar-refractivity contribution in [1.29, 1.82) is 0 Å². The molecule has 4 heteroatoms. The van der Waals surface area contributed by atoms with E-state index >= 15 is 0 Å². The molecule has 0 atom stereocenters. The lowest BCUT2D eigenvalue weighted by molar-refractivity contribution is 0.0527. The molecule has 0 unspecified atom stereocenters. The van der Waals surface area contributed by atoms with Gasteiger partial charge in [-0.15, -0.1) is 0 Å². The summed E-state index contributed by atoms with van der Waals surface area (Å²) in [6.07, 6.45) is 0. The van der Waals surface area contributed by atoms with Gasteiger partial charge in [0.2, 0.25) is 0 Å². The van der Waals surface area contributed by atoms with Gasteiger partial charge in [-0.05, 0) is 26.0 Å². The number of carbonyl (C=O) groups excluding carboxylic acids is 2. The van der Waals surface area contributed by atoms with Crippen LogP contribution >= 0.6 is 0 Å². The number of ketones is 1. The summed E-state index contributed by atoms with van der Waals surface area (Å²) in [5, 5.41) is 0. The standard InChI is InChI=1S/C11H13NO3/c1-3-15-11(14)9-6-4-5-8(7(2)13)10(9)12/h4-6H,3,12H2,1-2H3. The summed E-state index contributed by atoms with van der Waals surface area (Å²) < 4.78 is 4.81. The molecule has 0 aromatic heterocycles. The number of para-hydroxylation sites is 1. The Balaban J connectivity index is 3.15. The van der Waals surface area contributed by atoms with E-state index in [0.717, 1.165) is 0 Å². The molecule has 15 heavy (non-hydrogen) atoms. The number of nitrogen functional groups attached to an aromatic ring is 1. The van der Waals surface area contributed by atoms with Crippen LogP contribution in [0.15, 0.2) is 18.2 Å². The maximum Gasteiger partial charge on any atom is 0.340 e. The fourth-order valence-corrected chi connectivity index (χ4v) is 1.26. The number of anilines is 1. The van der Waals surface area contributed by atoms with Gasteiger partial charge in [0.25, 0.3) is 0 Å². The minimum Gasteiger partial charge on any atom is -0.462 e. The maximum atomic E-state index is 11.4. The molecule has 0 fully saturated rings. The van der Waals surface area contributed by atoms with Crippen LogP contribution in [0.2, 0.25) is 0 Å². The van der Waals surface area contributed by atoms with Gasteiger partial charge in [-0.2, -0.15) is 0 Å². The van der Waals surface area contributed by atoms with Crippen molar-refractivity contribution in [2.24, 2.45) is 0 Å². The lowest BCUT2D eigenvalue weighted by Gasteiger charge is -2.07. The van der Waals surface area contributed by atoms with Crippen molar-refractivity contribution in [1.82, 2.24) is 0 Å². The number of Topliss-reactive ketones (excluding diaryl/α,β-unsaturated/α-hetero) is 1. The van der Waals surface area contributed by atoms with Crippen LogP contribution in [0.1, 0.15) is 34.6 Å². The number of rotatable bonds is 3. The van der Waals surface area contributed by atoms with E-state index in [1.807, 2.05) is 0 Å². The molecule has 1 aromatic carbocycles. The van der Waals surface area contributed by atoms with Crippen LogP contribution in [0.25, 0.3) is 0 Å². The summed E-state index contributed by atoms with van der Waals surface area (Å²) >= 11 is 0. The fraction of sp³-hybridized carbons (Fsp3) is 0.273. The van der Waals surface area contributed by atoms with E-state index in [4.69, 9.17) is 10.5 Å². The molecule has 0 aliphatic carbocycles. The van der Waals surface area contributed by atoms with Crippen molar-refractivity contribution in [2.75, 3.05) is 12.3 Å². The van der Waals surface area contributed by atoms with Crippen LogP contribution in [-0.4, -0.2) is 18.4 Å². The predicted octanol–water partition coefficient (Wildman–Crippen LogP) is 1.65. The van der Waals surface area contributed by atoms with Crippen LogP contribution in [0.3, 0.4) is 0 Å². The highest BCUT2D eigenvalue weighted by molar-refractivity contribution is 6.05. The van der Waals surface area contributed by atoms with Gasteiger partial charge >= 0.3 is 5.97 Å². The minimum atomic E-state index is -0.502. The number of carbonyl (C=O) groups is 2. The van der Waals surface area contributed by atoms with Gasteiger partial charge < -0.3 is 10.5 Å². The zero-order valence-electron chi connectivity index (χ0n) is 8.74. The molecule has 0 aliphatic rings. The number of hydrogen-bond acceptors (Lipinski definition) is 4. The molecule has 1 rings (SSSR count). The quantitative estimate of drug-likeness (QED) is 0.464. The van der Waals surface area contributed by atoms with Crippen molar-refractivity contribution < 1.29 is 14.3 Å². The van der Waals surface area contributed by atoms with E-state index in [1.54, 1.807) is 25.1 Å². The van der Waals surface area contributed by atoms with Gasteiger partial charge in [-0.25, -0.2) is 4.79 Å². The van der Waals surface area contributed by atoms with E-state index in [2.05, 4.69) is 0 Å². The average Bonchev–Trinajstić information content (AvgIpc) is 2.17. The second-order valence-electron chi connectivity index (χ2n) is 3.04. The van der Waals surface area contributed by atoms with E-state index in [1.165, 1.54) is 6.92 Å². The first-order valence-electron chi connectivity index (χ1n) is 4.64. The zero-order valence-corrected chi connectivity index (χ0v) is 8.74. The topological polar surface area (TPSA) is 69.4 Å². The second-order valence-corrected chi connectivity index (χ2v) is 3.04. The second kappa shape index (κ2) is 4.59. The summed E-state index contributed by atoms with van der Waals surface area (Å²) in [4.78, 5) is 22.6. The van der Waals surface area contributed by atoms with Crippen molar-refractivity contribution >= 4 is 17.4 Å². The summed E-state index contributed by atoms with van der Waals surface area (Å²) in [6.45, 7) is 3.39. The zero-order chi connectivity index (χ0) is 11.4. The van der Waals surface area contributed by atoms with Crippen LogP contribution < -0.4 is 5.73 Å². The van der Waals surface area contributed by atoms with Crippen molar-refractivity contribution in [3.05, 3.63) is 29.3 Å². The Bertz CT molecular complexity index is 399.